The summed E-state index contributed by atoms with van der Waals surface area (Å²) in [5.74, 6) is -0.276. The first kappa shape index (κ1) is 23.7. The van der Waals surface area contributed by atoms with Gasteiger partial charge in [0.15, 0.2) is 0 Å². The van der Waals surface area contributed by atoms with Crippen molar-refractivity contribution >= 4 is 5.91 Å². The SMILES string of the molecule is O=C1[C@H](O)C[C@@H]2[C@H](OCc3ccccc3)[C@H](OCc3ccccc3)[C@@H](COCc3ccccc3)N12. The van der Waals surface area contributed by atoms with Crippen LogP contribution in [0.3, 0.4) is 0 Å². The van der Waals surface area contributed by atoms with Crippen LogP contribution < -0.4 is 0 Å². The number of carbonyl (C=O) groups is 1. The zero-order valence-corrected chi connectivity index (χ0v) is 19.6. The van der Waals surface area contributed by atoms with Crippen LogP contribution in [0.4, 0.5) is 0 Å². The molecule has 6 heteroatoms. The van der Waals surface area contributed by atoms with Crippen molar-refractivity contribution < 1.29 is 24.1 Å². The van der Waals surface area contributed by atoms with Crippen molar-refractivity contribution in [1.29, 1.82) is 0 Å². The maximum absolute atomic E-state index is 13.0. The van der Waals surface area contributed by atoms with Crippen molar-refractivity contribution in [1.82, 2.24) is 4.90 Å². The van der Waals surface area contributed by atoms with Crippen LogP contribution in [0.5, 0.6) is 0 Å². The molecule has 0 bridgehead atoms. The number of nitrogens with zero attached hydrogens (tertiary/aromatic N) is 1. The Hall–Kier alpha value is -3.03. The molecule has 0 aliphatic carbocycles. The Kier molecular flexibility index (Phi) is 7.54. The summed E-state index contributed by atoms with van der Waals surface area (Å²) in [6.07, 6.45) is -1.44. The molecule has 3 aromatic carbocycles. The van der Waals surface area contributed by atoms with Gasteiger partial charge in [-0.2, -0.15) is 0 Å². The molecule has 5 rings (SSSR count). The van der Waals surface area contributed by atoms with Crippen LogP contribution in [0.15, 0.2) is 91.0 Å². The van der Waals surface area contributed by atoms with Gasteiger partial charge in [0.2, 0.25) is 0 Å². The molecule has 2 fully saturated rings. The van der Waals surface area contributed by atoms with E-state index in [1.165, 1.54) is 0 Å². The van der Waals surface area contributed by atoms with Gasteiger partial charge in [0, 0.05) is 6.42 Å². The number of carbonyl (C=O) groups excluding carboxylic acids is 1. The van der Waals surface area contributed by atoms with Gasteiger partial charge in [-0.25, -0.2) is 0 Å². The second-order valence-electron chi connectivity index (χ2n) is 9.15. The summed E-state index contributed by atoms with van der Waals surface area (Å²) in [5, 5.41) is 10.4. The van der Waals surface area contributed by atoms with Gasteiger partial charge in [0.25, 0.3) is 5.91 Å². The van der Waals surface area contributed by atoms with Gasteiger partial charge in [-0.15, -0.1) is 0 Å². The molecule has 5 atom stereocenters. The molecule has 3 aromatic rings. The number of hydrogen-bond donors (Lipinski definition) is 1. The van der Waals surface area contributed by atoms with Crippen LogP contribution in [0.25, 0.3) is 0 Å². The smallest absolute Gasteiger partial charge is 0.252 e. The summed E-state index contributed by atoms with van der Waals surface area (Å²) in [6, 6.07) is 29.3. The van der Waals surface area contributed by atoms with Crippen LogP contribution in [0, 0.1) is 0 Å². The standard InChI is InChI=1S/C29H31NO5/c31-26-16-24-27(34-18-22-12-6-2-7-13-22)28(35-19-23-14-8-3-9-15-23)25(30(24)29(26)32)20-33-17-21-10-4-1-5-11-21/h1-15,24-28,31H,16-20H2/t24-,25-,26-,27+,28-/m1/s1. The summed E-state index contributed by atoms with van der Waals surface area (Å²) in [4.78, 5) is 14.7. The third-order valence-corrected chi connectivity index (χ3v) is 6.77. The fraction of sp³-hybridized carbons (Fsp3) is 0.345. The third-order valence-electron chi connectivity index (χ3n) is 6.77. The van der Waals surface area contributed by atoms with Gasteiger partial charge in [-0.1, -0.05) is 91.0 Å². The second-order valence-corrected chi connectivity index (χ2v) is 9.15. The molecule has 0 aromatic heterocycles. The summed E-state index contributed by atoms with van der Waals surface area (Å²) >= 11 is 0. The number of aliphatic hydroxyl groups excluding tert-OH is 1. The molecular formula is C29H31NO5. The van der Waals surface area contributed by atoms with E-state index in [1.54, 1.807) is 4.90 Å². The summed E-state index contributed by atoms with van der Waals surface area (Å²) in [5.41, 5.74) is 3.17. The Balaban J connectivity index is 1.35. The van der Waals surface area contributed by atoms with Crippen LogP contribution in [-0.4, -0.2) is 52.9 Å². The highest BCUT2D eigenvalue weighted by Crippen LogP contribution is 2.38. The Labute approximate surface area is 206 Å². The molecule has 6 nitrogen and oxygen atoms in total. The summed E-state index contributed by atoms with van der Waals surface area (Å²) in [6.45, 7) is 1.55. The number of fused-ring (bicyclic) bond motifs is 1. The van der Waals surface area contributed by atoms with E-state index in [0.29, 0.717) is 32.8 Å². The maximum atomic E-state index is 13.0. The van der Waals surface area contributed by atoms with Crippen LogP contribution in [0.1, 0.15) is 23.1 Å². The number of rotatable bonds is 10. The average Bonchev–Trinajstić information content (AvgIpc) is 3.35. The summed E-state index contributed by atoms with van der Waals surface area (Å²) < 4.78 is 18.9. The molecule has 2 saturated heterocycles. The molecule has 0 unspecified atom stereocenters. The monoisotopic (exact) mass is 473 g/mol. The van der Waals surface area contributed by atoms with Gasteiger partial charge >= 0.3 is 0 Å². The number of ether oxygens (including phenoxy) is 3. The minimum absolute atomic E-state index is 0.257. The Morgan fingerprint density at radius 2 is 1.20 bits per heavy atom. The van der Waals surface area contributed by atoms with Crippen molar-refractivity contribution in [3.05, 3.63) is 108 Å². The zero-order chi connectivity index (χ0) is 24.0. The molecule has 1 N–H and O–H groups in total. The van der Waals surface area contributed by atoms with Gasteiger partial charge < -0.3 is 24.2 Å². The molecule has 0 spiro atoms. The lowest BCUT2D eigenvalue weighted by molar-refractivity contribution is -0.140. The van der Waals surface area contributed by atoms with Gasteiger partial charge in [0.05, 0.1) is 38.5 Å². The fourth-order valence-corrected chi connectivity index (χ4v) is 5.07. The minimum Gasteiger partial charge on any atom is -0.383 e. The lowest BCUT2D eigenvalue weighted by atomic mass is 10.0. The van der Waals surface area contributed by atoms with Crippen molar-refractivity contribution in [2.45, 2.75) is 56.6 Å². The minimum atomic E-state index is -1.02. The molecule has 1 amide bonds. The zero-order valence-electron chi connectivity index (χ0n) is 19.6. The first-order chi connectivity index (χ1) is 17.2. The number of aliphatic hydroxyl groups is 1. The van der Waals surface area contributed by atoms with E-state index < -0.39 is 6.10 Å². The van der Waals surface area contributed by atoms with Crippen LogP contribution >= 0.6 is 0 Å². The largest absolute Gasteiger partial charge is 0.383 e. The highest BCUT2D eigenvalue weighted by Gasteiger charge is 2.57. The number of amides is 1. The van der Waals surface area contributed by atoms with E-state index >= 15 is 0 Å². The van der Waals surface area contributed by atoms with E-state index in [2.05, 4.69) is 0 Å². The van der Waals surface area contributed by atoms with Gasteiger partial charge in [0.1, 0.15) is 18.3 Å². The highest BCUT2D eigenvalue weighted by atomic mass is 16.5. The Morgan fingerprint density at radius 3 is 1.74 bits per heavy atom. The van der Waals surface area contributed by atoms with Crippen LogP contribution in [0.2, 0.25) is 0 Å². The first-order valence-corrected chi connectivity index (χ1v) is 12.1. The lowest BCUT2D eigenvalue weighted by Crippen LogP contribution is -2.45. The third kappa shape index (κ3) is 5.46. The average molecular weight is 474 g/mol. The first-order valence-electron chi connectivity index (χ1n) is 12.1. The number of hydrogen-bond acceptors (Lipinski definition) is 5. The normalized spacial score (nSPS) is 25.7. The van der Waals surface area contributed by atoms with Crippen molar-refractivity contribution in [3.8, 4) is 0 Å². The van der Waals surface area contributed by atoms with Gasteiger partial charge in [-0.05, 0) is 16.7 Å². The second kappa shape index (κ2) is 11.1. The maximum Gasteiger partial charge on any atom is 0.252 e. The van der Waals surface area contributed by atoms with Crippen molar-refractivity contribution in [3.63, 3.8) is 0 Å². The Morgan fingerprint density at radius 1 is 0.714 bits per heavy atom. The van der Waals surface area contributed by atoms with Crippen molar-refractivity contribution in [2.75, 3.05) is 6.61 Å². The number of benzene rings is 3. The Bertz CT molecular complexity index is 1080. The van der Waals surface area contributed by atoms with E-state index in [-0.39, 0.29) is 30.2 Å². The lowest BCUT2D eigenvalue weighted by Gasteiger charge is -2.28. The predicted octanol–water partition coefficient (Wildman–Crippen LogP) is 3.72. The molecule has 182 valence electrons. The molecule has 2 aliphatic heterocycles. The van der Waals surface area contributed by atoms with Crippen molar-refractivity contribution in [2.24, 2.45) is 0 Å². The topological polar surface area (TPSA) is 68.2 Å². The van der Waals surface area contributed by atoms with E-state index in [4.69, 9.17) is 14.2 Å². The van der Waals surface area contributed by atoms with Gasteiger partial charge in [-0.3, -0.25) is 4.79 Å². The summed E-state index contributed by atoms with van der Waals surface area (Å²) in [7, 11) is 0. The highest BCUT2D eigenvalue weighted by molar-refractivity contribution is 5.84. The van der Waals surface area contributed by atoms with E-state index in [9.17, 15) is 9.90 Å². The molecular weight excluding hydrogens is 442 g/mol. The molecule has 0 saturated carbocycles. The molecule has 0 radical (unpaired) electrons. The quantitative estimate of drug-likeness (QED) is 0.486. The van der Waals surface area contributed by atoms with Crippen LogP contribution in [-0.2, 0) is 38.8 Å². The van der Waals surface area contributed by atoms with E-state index in [1.807, 2.05) is 91.0 Å². The molecule has 2 aliphatic rings. The molecule has 2 heterocycles. The molecule has 35 heavy (non-hydrogen) atoms. The van der Waals surface area contributed by atoms with E-state index in [0.717, 1.165) is 16.7 Å². The fourth-order valence-electron chi connectivity index (χ4n) is 5.07. The predicted molar refractivity (Wildman–Crippen MR) is 131 cm³/mol.